The molecule has 4 aromatic rings. The largest absolute Gasteiger partial charge is 0.493 e. The van der Waals surface area contributed by atoms with Crippen LogP contribution in [0.2, 0.25) is 0 Å². The summed E-state index contributed by atoms with van der Waals surface area (Å²) in [4.78, 5) is 4.61. The van der Waals surface area contributed by atoms with E-state index in [1.54, 1.807) is 75.0 Å². The van der Waals surface area contributed by atoms with Crippen LogP contribution in [-0.4, -0.2) is 27.6 Å². The summed E-state index contributed by atoms with van der Waals surface area (Å²) < 4.78 is 38.3. The molecular formula is C23H21N3O4S. The highest BCUT2D eigenvalue weighted by atomic mass is 32.2. The number of hydrogen-bond acceptors (Lipinski definition) is 6. The van der Waals surface area contributed by atoms with Crippen LogP contribution in [0.4, 0.5) is 17.1 Å². The van der Waals surface area contributed by atoms with Crippen molar-refractivity contribution in [3.8, 4) is 11.5 Å². The molecule has 31 heavy (non-hydrogen) atoms. The van der Waals surface area contributed by atoms with Crippen LogP contribution in [0, 0.1) is 0 Å². The molecule has 0 radical (unpaired) electrons. The van der Waals surface area contributed by atoms with Crippen LogP contribution in [0.25, 0.3) is 10.9 Å². The van der Waals surface area contributed by atoms with Crippen LogP contribution in [0.3, 0.4) is 0 Å². The highest BCUT2D eigenvalue weighted by Gasteiger charge is 2.14. The molecule has 4 rings (SSSR count). The molecule has 7 nitrogen and oxygen atoms in total. The van der Waals surface area contributed by atoms with Gasteiger partial charge in [-0.25, -0.2) is 8.42 Å². The average Bonchev–Trinajstić information content (AvgIpc) is 2.80. The van der Waals surface area contributed by atoms with Crippen molar-refractivity contribution in [2.45, 2.75) is 4.90 Å². The number of pyridine rings is 1. The summed E-state index contributed by atoms with van der Waals surface area (Å²) in [5.41, 5.74) is 2.86. The summed E-state index contributed by atoms with van der Waals surface area (Å²) in [6.07, 6.45) is 1.71. The molecule has 0 spiro atoms. The van der Waals surface area contributed by atoms with Crippen molar-refractivity contribution in [2.75, 3.05) is 24.3 Å². The van der Waals surface area contributed by atoms with Gasteiger partial charge in [0.1, 0.15) is 0 Å². The first-order chi connectivity index (χ1) is 15.0. The molecule has 0 saturated heterocycles. The fourth-order valence-electron chi connectivity index (χ4n) is 3.17. The Labute approximate surface area is 180 Å². The lowest BCUT2D eigenvalue weighted by atomic mass is 10.1. The van der Waals surface area contributed by atoms with Crippen molar-refractivity contribution in [2.24, 2.45) is 0 Å². The molecule has 2 N–H and O–H groups in total. The Morgan fingerprint density at radius 1 is 0.806 bits per heavy atom. The molecular weight excluding hydrogens is 414 g/mol. The lowest BCUT2D eigenvalue weighted by molar-refractivity contribution is 0.356. The monoisotopic (exact) mass is 435 g/mol. The number of anilines is 3. The number of methoxy groups -OCH3 is 2. The Bertz CT molecular complexity index is 1310. The topological polar surface area (TPSA) is 89.5 Å². The fraction of sp³-hybridized carbons (Fsp3) is 0.0870. The maximum Gasteiger partial charge on any atom is 0.261 e. The van der Waals surface area contributed by atoms with E-state index >= 15 is 0 Å². The zero-order chi connectivity index (χ0) is 21.8. The summed E-state index contributed by atoms with van der Waals surface area (Å²) in [6.45, 7) is 0. The fourth-order valence-corrected chi connectivity index (χ4v) is 4.25. The van der Waals surface area contributed by atoms with Gasteiger partial charge in [0.2, 0.25) is 0 Å². The third kappa shape index (κ3) is 4.39. The van der Waals surface area contributed by atoms with Crippen LogP contribution >= 0.6 is 0 Å². The number of benzene rings is 3. The molecule has 3 aromatic carbocycles. The van der Waals surface area contributed by atoms with Crippen molar-refractivity contribution in [3.05, 3.63) is 79.0 Å². The zero-order valence-corrected chi connectivity index (χ0v) is 17.8. The van der Waals surface area contributed by atoms with Gasteiger partial charge in [-0.2, -0.15) is 0 Å². The number of sulfonamides is 1. The molecule has 0 saturated carbocycles. The van der Waals surface area contributed by atoms with Crippen molar-refractivity contribution < 1.29 is 17.9 Å². The van der Waals surface area contributed by atoms with Gasteiger partial charge in [-0.3, -0.25) is 9.71 Å². The average molecular weight is 436 g/mol. The summed E-state index contributed by atoms with van der Waals surface area (Å²) >= 11 is 0. The van der Waals surface area contributed by atoms with Gasteiger partial charge in [-0.05, 0) is 48.5 Å². The molecule has 1 heterocycles. The quantitative estimate of drug-likeness (QED) is 0.434. The number of nitrogens with zero attached hydrogens (tertiary/aromatic N) is 1. The minimum atomic E-state index is -3.63. The normalized spacial score (nSPS) is 11.2. The van der Waals surface area contributed by atoms with Gasteiger partial charge in [0.05, 0.1) is 24.6 Å². The molecule has 0 atom stereocenters. The molecule has 158 valence electrons. The lowest BCUT2D eigenvalue weighted by Gasteiger charge is -2.13. The third-order valence-corrected chi connectivity index (χ3v) is 6.11. The number of rotatable bonds is 7. The van der Waals surface area contributed by atoms with Crippen molar-refractivity contribution in [1.29, 1.82) is 0 Å². The van der Waals surface area contributed by atoms with E-state index in [0.29, 0.717) is 17.2 Å². The van der Waals surface area contributed by atoms with Crippen LogP contribution < -0.4 is 19.5 Å². The lowest BCUT2D eigenvalue weighted by Crippen LogP contribution is -2.12. The molecule has 0 aliphatic rings. The number of aromatic nitrogens is 1. The van der Waals surface area contributed by atoms with Gasteiger partial charge in [0, 0.05) is 34.7 Å². The van der Waals surface area contributed by atoms with E-state index in [1.807, 2.05) is 18.2 Å². The SMILES string of the molecule is COc1cc2nccc(Nc3ccc(NS(=O)(=O)c4ccccc4)cc3)c2cc1OC. The predicted octanol–water partition coefficient (Wildman–Crippen LogP) is 4.80. The van der Waals surface area contributed by atoms with Crippen LogP contribution in [-0.2, 0) is 10.0 Å². The Morgan fingerprint density at radius 2 is 1.45 bits per heavy atom. The van der Waals surface area contributed by atoms with E-state index in [9.17, 15) is 8.42 Å². The highest BCUT2D eigenvalue weighted by molar-refractivity contribution is 7.92. The van der Waals surface area contributed by atoms with Gasteiger partial charge >= 0.3 is 0 Å². The minimum absolute atomic E-state index is 0.213. The smallest absolute Gasteiger partial charge is 0.261 e. The van der Waals surface area contributed by atoms with E-state index in [2.05, 4.69) is 15.0 Å². The number of nitrogens with one attached hydrogen (secondary N) is 2. The predicted molar refractivity (Wildman–Crippen MR) is 122 cm³/mol. The summed E-state index contributed by atoms with van der Waals surface area (Å²) in [7, 11) is -0.464. The molecule has 1 aromatic heterocycles. The Kier molecular flexibility index (Phi) is 5.64. The van der Waals surface area contributed by atoms with Crippen LogP contribution in [0.1, 0.15) is 0 Å². The van der Waals surface area contributed by atoms with E-state index < -0.39 is 10.0 Å². The van der Waals surface area contributed by atoms with Crippen LogP contribution in [0.15, 0.2) is 83.9 Å². The summed E-state index contributed by atoms with van der Waals surface area (Å²) in [5, 5.41) is 4.21. The van der Waals surface area contributed by atoms with Crippen molar-refractivity contribution >= 4 is 38.0 Å². The molecule has 0 amide bonds. The molecule has 8 heteroatoms. The summed E-state index contributed by atoms with van der Waals surface area (Å²) in [5.74, 6) is 1.21. The van der Waals surface area contributed by atoms with E-state index in [-0.39, 0.29) is 4.90 Å². The standard InChI is InChI=1S/C23H21N3O4S/c1-29-22-14-19-20(12-13-24-21(19)15-23(22)30-2)25-16-8-10-17(11-9-16)26-31(27,28)18-6-4-3-5-7-18/h3-15,26H,1-2H3,(H,24,25). The summed E-state index contributed by atoms with van der Waals surface area (Å²) in [6, 6.07) is 20.8. The minimum Gasteiger partial charge on any atom is -0.493 e. The van der Waals surface area contributed by atoms with Crippen LogP contribution in [0.5, 0.6) is 11.5 Å². The molecule has 0 unspecified atom stereocenters. The maximum absolute atomic E-state index is 12.5. The van der Waals surface area contributed by atoms with Gasteiger partial charge in [-0.1, -0.05) is 18.2 Å². The number of fused-ring (bicyclic) bond motifs is 1. The van der Waals surface area contributed by atoms with Gasteiger partial charge < -0.3 is 14.8 Å². The second-order valence-electron chi connectivity index (χ2n) is 6.70. The first-order valence-corrected chi connectivity index (χ1v) is 10.9. The second kappa shape index (κ2) is 8.53. The first-order valence-electron chi connectivity index (χ1n) is 9.46. The maximum atomic E-state index is 12.5. The zero-order valence-electron chi connectivity index (χ0n) is 17.0. The molecule has 0 aliphatic carbocycles. The first kappa shape index (κ1) is 20.5. The second-order valence-corrected chi connectivity index (χ2v) is 8.39. The number of ether oxygens (including phenoxy) is 2. The van der Waals surface area contributed by atoms with Gasteiger partial charge in [-0.15, -0.1) is 0 Å². The Morgan fingerprint density at radius 3 is 2.13 bits per heavy atom. The molecule has 0 bridgehead atoms. The highest BCUT2D eigenvalue weighted by Crippen LogP contribution is 2.35. The Balaban J connectivity index is 1.58. The van der Waals surface area contributed by atoms with E-state index in [4.69, 9.17) is 9.47 Å². The molecule has 0 fully saturated rings. The van der Waals surface area contributed by atoms with E-state index in [0.717, 1.165) is 22.3 Å². The van der Waals surface area contributed by atoms with Gasteiger partial charge in [0.25, 0.3) is 10.0 Å². The third-order valence-electron chi connectivity index (χ3n) is 4.72. The van der Waals surface area contributed by atoms with Gasteiger partial charge in [0.15, 0.2) is 11.5 Å². The Hall–Kier alpha value is -3.78. The van der Waals surface area contributed by atoms with Crippen molar-refractivity contribution in [1.82, 2.24) is 4.98 Å². The van der Waals surface area contributed by atoms with E-state index in [1.165, 1.54) is 0 Å². The number of hydrogen-bond donors (Lipinski definition) is 2. The molecule has 0 aliphatic heterocycles. The van der Waals surface area contributed by atoms with Crippen molar-refractivity contribution in [3.63, 3.8) is 0 Å².